The standard InChI is InChI=1S/C13H17N3S/c1-9-4-5-12(17-9)8-16-11(3)13-10(2)14-6-7-15-13/h4-7,11,16H,8H2,1-3H3. The predicted octanol–water partition coefficient (Wildman–Crippen LogP) is 3.01. The minimum absolute atomic E-state index is 0.228. The Labute approximate surface area is 106 Å². The number of rotatable bonds is 4. The van der Waals surface area contributed by atoms with Crippen LogP contribution in [0.1, 0.15) is 34.1 Å². The molecule has 0 spiro atoms. The van der Waals surface area contributed by atoms with Crippen molar-refractivity contribution in [3.05, 3.63) is 45.7 Å². The summed E-state index contributed by atoms with van der Waals surface area (Å²) in [5.41, 5.74) is 2.02. The van der Waals surface area contributed by atoms with Gasteiger partial charge in [0, 0.05) is 34.7 Å². The molecule has 0 aliphatic heterocycles. The van der Waals surface area contributed by atoms with Gasteiger partial charge in [0.1, 0.15) is 0 Å². The third kappa shape index (κ3) is 3.11. The average molecular weight is 247 g/mol. The number of aromatic nitrogens is 2. The number of nitrogens with zero attached hydrogens (tertiary/aromatic N) is 2. The molecular weight excluding hydrogens is 230 g/mol. The van der Waals surface area contributed by atoms with Crippen molar-refractivity contribution in [1.82, 2.24) is 15.3 Å². The van der Waals surface area contributed by atoms with Crippen LogP contribution >= 0.6 is 11.3 Å². The second-order valence-electron chi connectivity index (χ2n) is 4.14. The van der Waals surface area contributed by atoms with Gasteiger partial charge in [-0.05, 0) is 32.9 Å². The molecule has 1 atom stereocenters. The van der Waals surface area contributed by atoms with Crippen LogP contribution in [0.2, 0.25) is 0 Å². The van der Waals surface area contributed by atoms with Crippen LogP contribution in [0.3, 0.4) is 0 Å². The van der Waals surface area contributed by atoms with Crippen molar-refractivity contribution in [2.24, 2.45) is 0 Å². The third-order valence-electron chi connectivity index (χ3n) is 2.71. The molecule has 0 radical (unpaired) electrons. The normalized spacial score (nSPS) is 12.6. The van der Waals surface area contributed by atoms with Crippen molar-refractivity contribution in [2.75, 3.05) is 0 Å². The lowest BCUT2D eigenvalue weighted by Crippen LogP contribution is -2.19. The van der Waals surface area contributed by atoms with Gasteiger partial charge in [0.2, 0.25) is 0 Å². The highest BCUT2D eigenvalue weighted by Crippen LogP contribution is 2.17. The molecule has 0 aliphatic rings. The average Bonchev–Trinajstić information content (AvgIpc) is 2.73. The molecule has 0 fully saturated rings. The Hall–Kier alpha value is -1.26. The summed E-state index contributed by atoms with van der Waals surface area (Å²) < 4.78 is 0. The minimum atomic E-state index is 0.228. The zero-order valence-corrected chi connectivity index (χ0v) is 11.2. The molecule has 0 amide bonds. The lowest BCUT2D eigenvalue weighted by atomic mass is 10.2. The van der Waals surface area contributed by atoms with Crippen molar-refractivity contribution >= 4 is 11.3 Å². The van der Waals surface area contributed by atoms with Crippen LogP contribution in [0.25, 0.3) is 0 Å². The molecule has 0 bridgehead atoms. The van der Waals surface area contributed by atoms with E-state index < -0.39 is 0 Å². The first-order valence-corrected chi connectivity index (χ1v) is 6.54. The molecule has 17 heavy (non-hydrogen) atoms. The number of thiophene rings is 1. The van der Waals surface area contributed by atoms with Crippen LogP contribution in [-0.4, -0.2) is 9.97 Å². The maximum Gasteiger partial charge on any atom is 0.0782 e. The summed E-state index contributed by atoms with van der Waals surface area (Å²) in [6.07, 6.45) is 3.48. The van der Waals surface area contributed by atoms with Crippen LogP contribution in [0, 0.1) is 13.8 Å². The van der Waals surface area contributed by atoms with Gasteiger partial charge >= 0.3 is 0 Å². The van der Waals surface area contributed by atoms with Gasteiger partial charge in [-0.15, -0.1) is 11.3 Å². The molecule has 2 heterocycles. The van der Waals surface area contributed by atoms with Crippen molar-refractivity contribution in [2.45, 2.75) is 33.4 Å². The van der Waals surface area contributed by atoms with Crippen LogP contribution < -0.4 is 5.32 Å². The van der Waals surface area contributed by atoms with Gasteiger partial charge in [0.25, 0.3) is 0 Å². The van der Waals surface area contributed by atoms with E-state index in [0.717, 1.165) is 17.9 Å². The second-order valence-corrected chi connectivity index (χ2v) is 5.51. The number of hydrogen-bond acceptors (Lipinski definition) is 4. The first kappa shape index (κ1) is 12.2. The van der Waals surface area contributed by atoms with Crippen molar-refractivity contribution in [1.29, 1.82) is 0 Å². The van der Waals surface area contributed by atoms with Crippen LogP contribution in [0.15, 0.2) is 24.5 Å². The van der Waals surface area contributed by atoms with Crippen LogP contribution in [0.5, 0.6) is 0 Å². The Morgan fingerprint density at radius 2 is 2.00 bits per heavy atom. The molecule has 0 saturated heterocycles. The summed E-state index contributed by atoms with van der Waals surface area (Å²) in [5, 5.41) is 3.48. The summed E-state index contributed by atoms with van der Waals surface area (Å²) >= 11 is 1.83. The summed E-state index contributed by atoms with van der Waals surface area (Å²) in [4.78, 5) is 11.3. The van der Waals surface area contributed by atoms with E-state index in [1.165, 1.54) is 9.75 Å². The zero-order valence-electron chi connectivity index (χ0n) is 10.4. The lowest BCUT2D eigenvalue weighted by molar-refractivity contribution is 0.559. The Morgan fingerprint density at radius 3 is 2.65 bits per heavy atom. The first-order valence-electron chi connectivity index (χ1n) is 5.73. The SMILES string of the molecule is Cc1ccc(CNC(C)c2nccnc2C)s1. The molecule has 4 heteroatoms. The first-order chi connectivity index (χ1) is 8.16. The molecule has 1 unspecified atom stereocenters. The van der Waals surface area contributed by atoms with Crippen molar-refractivity contribution in [3.8, 4) is 0 Å². The Bertz CT molecular complexity index is 493. The van der Waals surface area contributed by atoms with Gasteiger partial charge in [-0.3, -0.25) is 9.97 Å². The number of nitrogens with one attached hydrogen (secondary N) is 1. The third-order valence-corrected chi connectivity index (χ3v) is 3.71. The molecule has 0 saturated carbocycles. The number of aryl methyl sites for hydroxylation is 2. The summed E-state index contributed by atoms with van der Waals surface area (Å²) in [5.74, 6) is 0. The number of hydrogen-bond donors (Lipinski definition) is 1. The van der Waals surface area contributed by atoms with E-state index >= 15 is 0 Å². The highest BCUT2D eigenvalue weighted by molar-refractivity contribution is 7.11. The lowest BCUT2D eigenvalue weighted by Gasteiger charge is -2.13. The molecular formula is C13H17N3S. The minimum Gasteiger partial charge on any atom is -0.304 e. The summed E-state index contributed by atoms with van der Waals surface area (Å²) in [6.45, 7) is 7.13. The monoisotopic (exact) mass is 247 g/mol. The maximum atomic E-state index is 4.37. The largest absolute Gasteiger partial charge is 0.304 e. The molecule has 1 N–H and O–H groups in total. The van der Waals surface area contributed by atoms with E-state index in [-0.39, 0.29) is 6.04 Å². The van der Waals surface area contributed by atoms with E-state index in [2.05, 4.69) is 41.3 Å². The molecule has 2 rings (SSSR count). The van der Waals surface area contributed by atoms with Crippen LogP contribution in [0.4, 0.5) is 0 Å². The van der Waals surface area contributed by atoms with Crippen LogP contribution in [-0.2, 0) is 6.54 Å². The van der Waals surface area contributed by atoms with E-state index in [9.17, 15) is 0 Å². The van der Waals surface area contributed by atoms with Gasteiger partial charge in [0.15, 0.2) is 0 Å². The molecule has 90 valence electrons. The van der Waals surface area contributed by atoms with Gasteiger partial charge in [-0.25, -0.2) is 0 Å². The van der Waals surface area contributed by atoms with E-state index in [4.69, 9.17) is 0 Å². The highest BCUT2D eigenvalue weighted by atomic mass is 32.1. The van der Waals surface area contributed by atoms with Gasteiger partial charge < -0.3 is 5.32 Å². The predicted molar refractivity (Wildman–Crippen MR) is 71.1 cm³/mol. The van der Waals surface area contributed by atoms with Crippen molar-refractivity contribution in [3.63, 3.8) is 0 Å². The smallest absolute Gasteiger partial charge is 0.0782 e. The van der Waals surface area contributed by atoms with E-state index in [1.807, 2.05) is 18.3 Å². The van der Waals surface area contributed by atoms with Gasteiger partial charge in [0.05, 0.1) is 11.4 Å². The Morgan fingerprint density at radius 1 is 1.24 bits per heavy atom. The molecule has 3 nitrogen and oxygen atoms in total. The van der Waals surface area contributed by atoms with Gasteiger partial charge in [-0.2, -0.15) is 0 Å². The van der Waals surface area contributed by atoms with E-state index in [1.54, 1.807) is 12.4 Å². The zero-order chi connectivity index (χ0) is 12.3. The second kappa shape index (κ2) is 5.38. The quantitative estimate of drug-likeness (QED) is 0.902. The summed E-state index contributed by atoms with van der Waals surface area (Å²) in [7, 11) is 0. The van der Waals surface area contributed by atoms with E-state index in [0.29, 0.717) is 0 Å². The highest BCUT2D eigenvalue weighted by Gasteiger charge is 2.10. The fourth-order valence-corrected chi connectivity index (χ4v) is 2.62. The Balaban J connectivity index is 1.98. The Kier molecular flexibility index (Phi) is 3.86. The fraction of sp³-hybridized carbons (Fsp3) is 0.385. The topological polar surface area (TPSA) is 37.8 Å². The fourth-order valence-electron chi connectivity index (χ4n) is 1.77. The van der Waals surface area contributed by atoms with Crippen molar-refractivity contribution < 1.29 is 0 Å². The molecule has 0 aliphatic carbocycles. The summed E-state index contributed by atoms with van der Waals surface area (Å²) in [6, 6.07) is 4.55. The molecule has 0 aromatic carbocycles. The molecule has 2 aromatic heterocycles. The van der Waals surface area contributed by atoms with Gasteiger partial charge in [-0.1, -0.05) is 0 Å². The maximum absolute atomic E-state index is 4.37. The molecule has 2 aromatic rings.